The summed E-state index contributed by atoms with van der Waals surface area (Å²) in [6.45, 7) is 5.12. The number of rotatable bonds is 9. The minimum atomic E-state index is -4.63. The van der Waals surface area contributed by atoms with Crippen molar-refractivity contribution in [3.05, 3.63) is 100 Å². The summed E-state index contributed by atoms with van der Waals surface area (Å²) in [5, 5.41) is 5.40. The quantitative estimate of drug-likeness (QED) is 0.194. The summed E-state index contributed by atoms with van der Waals surface area (Å²) in [5.41, 5.74) is 0.675. The highest BCUT2D eigenvalue weighted by Crippen LogP contribution is 2.40. The highest BCUT2D eigenvalue weighted by Gasteiger charge is 2.34. The van der Waals surface area contributed by atoms with E-state index in [2.05, 4.69) is 10.6 Å². The van der Waals surface area contributed by atoms with E-state index in [1.54, 1.807) is 6.92 Å². The number of halogens is 3. The summed E-state index contributed by atoms with van der Waals surface area (Å²) in [6, 6.07) is 19.8. The lowest BCUT2D eigenvalue weighted by atomic mass is 10.0. The largest absolute Gasteiger partial charge is 0.481 e. The number of amides is 2. The van der Waals surface area contributed by atoms with Crippen molar-refractivity contribution in [2.75, 3.05) is 17.2 Å². The summed E-state index contributed by atoms with van der Waals surface area (Å²) in [6.07, 6.45) is -5.77. The van der Waals surface area contributed by atoms with Gasteiger partial charge in [-0.25, -0.2) is 4.79 Å². The highest BCUT2D eigenvalue weighted by molar-refractivity contribution is 7.17. The first-order valence-corrected chi connectivity index (χ1v) is 13.7. The zero-order chi connectivity index (χ0) is 30.4. The van der Waals surface area contributed by atoms with Gasteiger partial charge in [-0.3, -0.25) is 9.59 Å². The SMILES string of the molecule is CCOC(=O)c1c(NC(=O)c2ccc(O[C@H](C)C(=O)Nc3ccccc3C(F)(F)F)cc2)sc(C)c1-c1ccccc1. The molecule has 42 heavy (non-hydrogen) atoms. The van der Waals surface area contributed by atoms with Gasteiger partial charge in [0.25, 0.3) is 11.8 Å². The molecule has 0 aliphatic heterocycles. The number of hydrogen-bond acceptors (Lipinski definition) is 6. The number of carbonyl (C=O) groups excluding carboxylic acids is 3. The molecule has 0 saturated carbocycles. The van der Waals surface area contributed by atoms with Crippen molar-refractivity contribution in [2.24, 2.45) is 0 Å². The van der Waals surface area contributed by atoms with Crippen LogP contribution in [0.5, 0.6) is 5.75 Å². The number of nitrogens with one attached hydrogen (secondary N) is 2. The monoisotopic (exact) mass is 596 g/mol. The lowest BCUT2D eigenvalue weighted by Gasteiger charge is -2.17. The van der Waals surface area contributed by atoms with Gasteiger partial charge in [0, 0.05) is 16.0 Å². The third-order valence-corrected chi connectivity index (χ3v) is 7.16. The van der Waals surface area contributed by atoms with Crippen molar-refractivity contribution in [2.45, 2.75) is 33.1 Å². The normalized spacial score (nSPS) is 11.9. The first-order valence-electron chi connectivity index (χ1n) is 12.9. The zero-order valence-corrected chi connectivity index (χ0v) is 23.7. The minimum Gasteiger partial charge on any atom is -0.481 e. The molecule has 0 saturated heterocycles. The first-order chi connectivity index (χ1) is 20.0. The maximum Gasteiger partial charge on any atom is 0.418 e. The molecule has 218 valence electrons. The Balaban J connectivity index is 1.47. The van der Waals surface area contributed by atoms with Crippen LogP contribution in [-0.4, -0.2) is 30.5 Å². The van der Waals surface area contributed by atoms with E-state index in [9.17, 15) is 27.6 Å². The fourth-order valence-electron chi connectivity index (χ4n) is 4.17. The second kappa shape index (κ2) is 12.9. The second-order valence-electron chi connectivity index (χ2n) is 9.10. The van der Waals surface area contributed by atoms with Gasteiger partial charge in [0.2, 0.25) is 0 Å². The number of aryl methyl sites for hydroxylation is 1. The molecular weight excluding hydrogens is 569 g/mol. The summed E-state index contributed by atoms with van der Waals surface area (Å²) < 4.78 is 50.6. The van der Waals surface area contributed by atoms with Gasteiger partial charge >= 0.3 is 12.1 Å². The van der Waals surface area contributed by atoms with Crippen molar-refractivity contribution in [3.8, 4) is 16.9 Å². The Labute approximate surface area is 244 Å². The number of anilines is 2. The van der Waals surface area contributed by atoms with E-state index in [0.717, 1.165) is 22.6 Å². The summed E-state index contributed by atoms with van der Waals surface area (Å²) in [7, 11) is 0. The molecule has 7 nitrogen and oxygen atoms in total. The van der Waals surface area contributed by atoms with Crippen LogP contribution in [0.3, 0.4) is 0 Å². The molecule has 0 aliphatic carbocycles. The number of esters is 1. The molecule has 0 aliphatic rings. The van der Waals surface area contributed by atoms with Crippen LogP contribution in [0, 0.1) is 6.92 Å². The summed E-state index contributed by atoms with van der Waals surface area (Å²) in [5.74, 6) is -1.58. The predicted molar refractivity (Wildman–Crippen MR) is 155 cm³/mol. The van der Waals surface area contributed by atoms with Gasteiger partial charge in [-0.1, -0.05) is 42.5 Å². The molecule has 1 heterocycles. The fourth-order valence-corrected chi connectivity index (χ4v) is 5.23. The Bertz CT molecular complexity index is 1580. The third-order valence-electron chi connectivity index (χ3n) is 6.14. The summed E-state index contributed by atoms with van der Waals surface area (Å²) >= 11 is 1.26. The topological polar surface area (TPSA) is 93.7 Å². The molecule has 0 fully saturated rings. The number of benzene rings is 3. The van der Waals surface area contributed by atoms with Crippen LogP contribution in [0.1, 0.15) is 45.0 Å². The second-order valence-corrected chi connectivity index (χ2v) is 10.3. The van der Waals surface area contributed by atoms with Gasteiger partial charge in [0.05, 0.1) is 17.9 Å². The van der Waals surface area contributed by atoms with Crippen LogP contribution in [0.2, 0.25) is 0 Å². The lowest BCUT2D eigenvalue weighted by molar-refractivity contribution is -0.137. The molecule has 1 aromatic heterocycles. The predicted octanol–water partition coefficient (Wildman–Crippen LogP) is 7.58. The molecule has 3 aromatic carbocycles. The van der Waals surface area contributed by atoms with E-state index in [4.69, 9.17) is 9.47 Å². The average Bonchev–Trinajstić information content (AvgIpc) is 3.28. The molecular formula is C31H27F3N2O5S. The van der Waals surface area contributed by atoms with Gasteiger partial charge < -0.3 is 20.1 Å². The highest BCUT2D eigenvalue weighted by atomic mass is 32.1. The maximum atomic E-state index is 13.2. The molecule has 2 amide bonds. The van der Waals surface area contributed by atoms with Gasteiger partial charge in [-0.15, -0.1) is 11.3 Å². The Morgan fingerprint density at radius 2 is 1.55 bits per heavy atom. The van der Waals surface area contributed by atoms with Crippen molar-refractivity contribution >= 4 is 39.8 Å². The van der Waals surface area contributed by atoms with Crippen LogP contribution >= 0.6 is 11.3 Å². The molecule has 0 radical (unpaired) electrons. The van der Waals surface area contributed by atoms with Gasteiger partial charge in [0.15, 0.2) is 6.10 Å². The number of thiophene rings is 1. The average molecular weight is 597 g/mol. The van der Waals surface area contributed by atoms with E-state index in [1.165, 1.54) is 54.7 Å². The van der Waals surface area contributed by atoms with E-state index in [1.807, 2.05) is 37.3 Å². The van der Waals surface area contributed by atoms with Crippen LogP contribution in [0.4, 0.5) is 23.9 Å². The Kier molecular flexibility index (Phi) is 9.31. The Morgan fingerprint density at radius 3 is 2.19 bits per heavy atom. The van der Waals surface area contributed by atoms with Crippen LogP contribution in [-0.2, 0) is 15.7 Å². The standard InChI is InChI=1S/C31H27F3N2O5S/c1-4-40-30(39)26-25(20-10-6-5-7-11-20)19(3)42-29(26)36-28(38)21-14-16-22(17-15-21)41-18(2)27(37)35-24-13-9-8-12-23(24)31(32,33)34/h5-18H,4H2,1-3H3,(H,35,37)(H,36,38)/t18-/m1/s1. The van der Waals surface area contributed by atoms with Crippen LogP contribution < -0.4 is 15.4 Å². The van der Waals surface area contributed by atoms with E-state index in [-0.39, 0.29) is 29.2 Å². The van der Waals surface area contributed by atoms with Crippen LogP contribution in [0.25, 0.3) is 11.1 Å². The van der Waals surface area contributed by atoms with Crippen LogP contribution in [0.15, 0.2) is 78.9 Å². The number of ether oxygens (including phenoxy) is 2. The number of alkyl halides is 3. The molecule has 1 atom stereocenters. The van der Waals surface area contributed by atoms with Crippen molar-refractivity contribution in [1.82, 2.24) is 0 Å². The van der Waals surface area contributed by atoms with Crippen molar-refractivity contribution in [3.63, 3.8) is 0 Å². The van der Waals surface area contributed by atoms with Gasteiger partial charge in [-0.05, 0) is 62.7 Å². The molecule has 2 N–H and O–H groups in total. The van der Waals surface area contributed by atoms with Gasteiger partial charge in [-0.2, -0.15) is 13.2 Å². The van der Waals surface area contributed by atoms with Crippen molar-refractivity contribution in [1.29, 1.82) is 0 Å². The molecule has 11 heteroatoms. The summed E-state index contributed by atoms with van der Waals surface area (Å²) in [4.78, 5) is 39.4. The maximum absolute atomic E-state index is 13.2. The molecule has 0 spiro atoms. The number of hydrogen-bond donors (Lipinski definition) is 2. The van der Waals surface area contributed by atoms with Gasteiger partial charge in [0.1, 0.15) is 16.3 Å². The van der Waals surface area contributed by atoms with E-state index < -0.39 is 35.6 Å². The molecule has 0 unspecified atom stereocenters. The zero-order valence-electron chi connectivity index (χ0n) is 22.9. The molecule has 4 aromatic rings. The lowest BCUT2D eigenvalue weighted by Crippen LogP contribution is -2.31. The van der Waals surface area contributed by atoms with Crippen molar-refractivity contribution < 1.29 is 37.0 Å². The van der Waals surface area contributed by atoms with E-state index >= 15 is 0 Å². The number of para-hydroxylation sites is 1. The Morgan fingerprint density at radius 1 is 0.905 bits per heavy atom. The first kappa shape index (κ1) is 30.3. The Hall–Kier alpha value is -4.64. The number of carbonyl (C=O) groups is 3. The fraction of sp³-hybridized carbons (Fsp3) is 0.194. The third kappa shape index (κ3) is 6.98. The minimum absolute atomic E-state index is 0.169. The van der Waals surface area contributed by atoms with E-state index in [0.29, 0.717) is 10.6 Å². The molecule has 4 rings (SSSR count). The smallest absolute Gasteiger partial charge is 0.418 e. The molecule has 0 bridgehead atoms.